The predicted octanol–water partition coefficient (Wildman–Crippen LogP) is 6.95. The van der Waals surface area contributed by atoms with Crippen LogP contribution in [-0.4, -0.2) is 98.7 Å². The monoisotopic (exact) mass is 726 g/mol. The number of hydrogen-bond donors (Lipinski definition) is 1. The summed E-state index contributed by atoms with van der Waals surface area (Å²) in [6, 6.07) is 12.0. The van der Waals surface area contributed by atoms with Gasteiger partial charge in [0, 0.05) is 75.8 Å². The molecule has 1 aliphatic carbocycles. The molecule has 8 nitrogen and oxygen atoms in total. The van der Waals surface area contributed by atoms with Gasteiger partial charge in [-0.1, -0.05) is 50.1 Å². The van der Waals surface area contributed by atoms with Gasteiger partial charge in [0.25, 0.3) is 5.91 Å². The molecule has 1 saturated carbocycles. The third-order valence-electron chi connectivity index (χ3n) is 11.0. The molecule has 0 aromatic heterocycles. The number of benzene rings is 2. The number of anilines is 1. The van der Waals surface area contributed by atoms with E-state index < -0.39 is 11.4 Å². The van der Waals surface area contributed by atoms with Crippen LogP contribution in [0.4, 0.5) is 5.69 Å². The Balaban J connectivity index is 1.41. The Morgan fingerprint density at radius 1 is 1.16 bits per heavy atom. The van der Waals surface area contributed by atoms with Crippen LogP contribution >= 0.6 is 11.6 Å². The topological polar surface area (TPSA) is 80.3 Å². The number of fused-ring (bicyclic) bond motifs is 1. The minimum Gasteiger partial charge on any atom is -0.593 e. The van der Waals surface area contributed by atoms with Gasteiger partial charge >= 0.3 is 0 Å². The molecule has 0 radical (unpaired) electrons. The molecular formula is C40H59ClN4O4S. The number of methoxy groups -OCH3 is 1. The average Bonchev–Trinajstić information content (AvgIpc) is 3.28. The first-order valence-electron chi connectivity index (χ1n) is 18.8. The van der Waals surface area contributed by atoms with Gasteiger partial charge in [-0.3, -0.25) is 4.79 Å². The van der Waals surface area contributed by atoms with Crippen molar-refractivity contribution < 1.29 is 18.8 Å². The fraction of sp³-hybridized carbons (Fsp3) is 0.625. The quantitative estimate of drug-likeness (QED) is 0.148. The van der Waals surface area contributed by atoms with E-state index in [1.54, 1.807) is 13.2 Å². The number of aryl methyl sites for hydroxylation is 1. The minimum absolute atomic E-state index is 0.146. The summed E-state index contributed by atoms with van der Waals surface area (Å²) >= 11 is 4.97. The normalized spacial score (nSPS) is 23.4. The maximum atomic E-state index is 13.5. The first kappa shape index (κ1) is 38.9. The molecule has 6 atom stereocenters. The number of nitrogens with one attached hydrogen (secondary N) is 1. The summed E-state index contributed by atoms with van der Waals surface area (Å²) in [5.41, 5.74) is 4.00. The minimum atomic E-state index is -1.52. The summed E-state index contributed by atoms with van der Waals surface area (Å²) in [7, 11) is 3.85. The molecule has 1 saturated heterocycles. The highest BCUT2D eigenvalue weighted by Gasteiger charge is 2.39. The summed E-state index contributed by atoms with van der Waals surface area (Å²) in [5, 5.41) is 0.549. The van der Waals surface area contributed by atoms with Crippen LogP contribution in [0.15, 0.2) is 48.6 Å². The molecule has 2 heterocycles. The van der Waals surface area contributed by atoms with E-state index in [0.717, 1.165) is 81.5 Å². The van der Waals surface area contributed by atoms with Gasteiger partial charge in [-0.15, -0.1) is 0 Å². The molecule has 276 valence electrons. The molecule has 1 amide bonds. The number of ether oxygens (including phenoxy) is 2. The second-order valence-corrected chi connectivity index (χ2v) is 16.7. The number of hydrogen-bond acceptors (Lipinski definition) is 7. The summed E-state index contributed by atoms with van der Waals surface area (Å²) < 4.78 is 27.4. The molecular weight excluding hydrogens is 668 g/mol. The second kappa shape index (κ2) is 19.0. The van der Waals surface area contributed by atoms with Gasteiger partial charge < -0.3 is 28.7 Å². The van der Waals surface area contributed by atoms with E-state index in [1.165, 1.54) is 24.0 Å². The van der Waals surface area contributed by atoms with E-state index in [0.29, 0.717) is 43.0 Å². The van der Waals surface area contributed by atoms with Crippen molar-refractivity contribution in [2.24, 2.45) is 17.8 Å². The van der Waals surface area contributed by atoms with Crippen LogP contribution in [0.2, 0.25) is 5.02 Å². The largest absolute Gasteiger partial charge is 0.593 e. The van der Waals surface area contributed by atoms with Crippen LogP contribution in [0.5, 0.6) is 5.75 Å². The smallest absolute Gasteiger partial charge is 0.292 e. The zero-order valence-electron chi connectivity index (χ0n) is 30.9. The second-order valence-electron chi connectivity index (χ2n) is 14.6. The zero-order valence-corrected chi connectivity index (χ0v) is 32.4. The molecule has 50 heavy (non-hydrogen) atoms. The fourth-order valence-electron chi connectivity index (χ4n) is 7.74. The van der Waals surface area contributed by atoms with Crippen molar-refractivity contribution in [2.75, 3.05) is 78.1 Å². The first-order chi connectivity index (χ1) is 24.2. The van der Waals surface area contributed by atoms with Crippen LogP contribution in [0.3, 0.4) is 0 Å². The van der Waals surface area contributed by atoms with Crippen molar-refractivity contribution in [1.82, 2.24) is 14.5 Å². The van der Waals surface area contributed by atoms with Crippen molar-refractivity contribution in [2.45, 2.75) is 70.5 Å². The van der Waals surface area contributed by atoms with Crippen LogP contribution in [-0.2, 0) is 22.5 Å². The Morgan fingerprint density at radius 2 is 1.96 bits per heavy atom. The predicted molar refractivity (Wildman–Crippen MR) is 207 cm³/mol. The van der Waals surface area contributed by atoms with Gasteiger partial charge in [0.05, 0.1) is 30.3 Å². The third-order valence-corrected chi connectivity index (χ3v) is 12.5. The van der Waals surface area contributed by atoms with Crippen LogP contribution in [0, 0.1) is 17.8 Å². The summed E-state index contributed by atoms with van der Waals surface area (Å²) in [6.07, 6.45) is 11.0. The van der Waals surface area contributed by atoms with Crippen LogP contribution in [0.25, 0.3) is 0 Å². The number of nitrogens with zero attached hydrogens (tertiary/aromatic N) is 3. The molecule has 0 spiro atoms. The number of halogens is 1. The van der Waals surface area contributed by atoms with E-state index in [4.69, 9.17) is 21.1 Å². The third kappa shape index (κ3) is 10.2. The number of rotatable bonds is 16. The molecule has 5 rings (SSSR count). The number of piperazine rings is 1. The van der Waals surface area contributed by atoms with Crippen molar-refractivity contribution in [1.29, 1.82) is 0 Å². The van der Waals surface area contributed by atoms with E-state index in [-0.39, 0.29) is 17.1 Å². The van der Waals surface area contributed by atoms with Gasteiger partial charge in [-0.05, 0) is 98.9 Å². The van der Waals surface area contributed by atoms with Crippen molar-refractivity contribution in [3.8, 4) is 5.75 Å². The zero-order chi connectivity index (χ0) is 35.6. The van der Waals surface area contributed by atoms with Gasteiger partial charge in [0.2, 0.25) is 0 Å². The van der Waals surface area contributed by atoms with Gasteiger partial charge in [0.1, 0.15) is 11.0 Å². The Hall–Kier alpha value is -2.27. The number of carbonyl (C=O) groups is 1. The molecule has 2 aromatic carbocycles. The lowest BCUT2D eigenvalue weighted by molar-refractivity contribution is 0.0804. The molecule has 2 aromatic rings. The lowest BCUT2D eigenvalue weighted by Crippen LogP contribution is -2.49. The summed E-state index contributed by atoms with van der Waals surface area (Å²) in [5.74, 6) is 2.27. The van der Waals surface area contributed by atoms with E-state index in [2.05, 4.69) is 64.6 Å². The Kier molecular flexibility index (Phi) is 14.8. The lowest BCUT2D eigenvalue weighted by Gasteiger charge is -2.46. The molecule has 6 unspecified atom stereocenters. The number of carbonyl (C=O) groups excluding carboxylic acids is 1. The average molecular weight is 727 g/mol. The lowest BCUT2D eigenvalue weighted by atomic mass is 9.66. The number of allylic oxidation sites excluding steroid dienone is 1. The molecule has 2 aliphatic heterocycles. The van der Waals surface area contributed by atoms with E-state index in [1.807, 2.05) is 25.1 Å². The van der Waals surface area contributed by atoms with Crippen LogP contribution < -0.4 is 14.4 Å². The van der Waals surface area contributed by atoms with E-state index in [9.17, 15) is 9.35 Å². The molecule has 0 bridgehead atoms. The Morgan fingerprint density at radius 3 is 2.66 bits per heavy atom. The summed E-state index contributed by atoms with van der Waals surface area (Å²) in [4.78, 5) is 21.0. The summed E-state index contributed by atoms with van der Waals surface area (Å²) in [6.45, 7) is 14.7. The molecule has 3 aliphatic rings. The highest BCUT2D eigenvalue weighted by molar-refractivity contribution is 7.90. The highest BCUT2D eigenvalue weighted by Crippen LogP contribution is 2.44. The molecule has 1 N–H and O–H groups in total. The van der Waals surface area contributed by atoms with Crippen molar-refractivity contribution in [3.05, 3.63) is 70.3 Å². The van der Waals surface area contributed by atoms with Crippen molar-refractivity contribution in [3.63, 3.8) is 0 Å². The maximum Gasteiger partial charge on any atom is 0.292 e. The number of likely N-dealkylation sites (N-methyl/N-ethyl adjacent to an activating group) is 1. The van der Waals surface area contributed by atoms with Crippen LogP contribution in [0.1, 0.15) is 80.3 Å². The fourth-order valence-corrected chi connectivity index (χ4v) is 8.75. The van der Waals surface area contributed by atoms with Gasteiger partial charge in [-0.2, -0.15) is 4.72 Å². The first-order valence-corrected chi connectivity index (χ1v) is 20.4. The van der Waals surface area contributed by atoms with Gasteiger partial charge in [0.15, 0.2) is 0 Å². The number of amides is 1. The van der Waals surface area contributed by atoms with E-state index >= 15 is 0 Å². The highest BCUT2D eigenvalue weighted by atomic mass is 35.5. The SMILES string of the molecule is CC/C=C/C(CN1CCN(C)CC1)C1CCC1CN1CC(c2ccc(Cl)cc2CCC)COc2ccc(C(=O)N[S+]([O-])C(C)CCOC)cc21. The Labute approximate surface area is 309 Å². The van der Waals surface area contributed by atoms with Gasteiger partial charge in [-0.25, -0.2) is 0 Å². The van der Waals surface area contributed by atoms with Crippen molar-refractivity contribution >= 4 is 34.6 Å². The standard InChI is InChI=1S/C40H59ClN4O4S/c1-6-8-10-32(25-44-20-18-43(4)19-21-44)37-14-11-33(37)26-45-27-34(36-15-13-35(41)23-30(36)9-7-2)28-49-39-16-12-31(24-38(39)45)40(46)42-50(47)29(3)17-22-48-5/h8,10,12-13,15-16,23-24,29,32-34,37H,6-7,9,11,14,17-22,25-28H2,1-5H3,(H,42,46)/b10-8+. The molecule has 2 fully saturated rings. The maximum absolute atomic E-state index is 13.5. The Bertz CT molecular complexity index is 1420. The molecule has 10 heteroatoms.